The lowest BCUT2D eigenvalue weighted by atomic mass is 10.1. The zero-order valence-electron chi connectivity index (χ0n) is 13.3. The monoisotopic (exact) mass is 410 g/mol. The van der Waals surface area contributed by atoms with Crippen LogP contribution in [0.15, 0.2) is 29.1 Å². The molecule has 1 atom stereocenters. The Kier molecular flexibility index (Phi) is 4.45. The van der Waals surface area contributed by atoms with Crippen LogP contribution in [0.2, 0.25) is 5.28 Å². The van der Waals surface area contributed by atoms with E-state index in [0.29, 0.717) is 0 Å². The Labute approximate surface area is 151 Å². The van der Waals surface area contributed by atoms with E-state index in [1.165, 1.54) is 6.92 Å². The van der Waals surface area contributed by atoms with E-state index in [0.717, 1.165) is 28.9 Å². The number of nitrogens with one attached hydrogen (secondary N) is 1. The molecule has 3 aromatic rings. The van der Waals surface area contributed by atoms with Crippen LogP contribution in [0, 0.1) is 0 Å². The summed E-state index contributed by atoms with van der Waals surface area (Å²) < 4.78 is 78.6. The first-order valence-electron chi connectivity index (χ1n) is 7.32. The van der Waals surface area contributed by atoms with Gasteiger partial charge < -0.3 is 0 Å². The number of nitrogens with zero attached hydrogens (tertiary/aromatic N) is 3. The van der Waals surface area contributed by atoms with Gasteiger partial charge in [0.05, 0.1) is 11.6 Å². The molecule has 3 rings (SSSR count). The van der Waals surface area contributed by atoms with Gasteiger partial charge >= 0.3 is 12.4 Å². The first-order valence-corrected chi connectivity index (χ1v) is 7.69. The highest BCUT2D eigenvalue weighted by atomic mass is 35.5. The second-order valence-electron chi connectivity index (χ2n) is 5.64. The van der Waals surface area contributed by atoms with E-state index >= 15 is 0 Å². The van der Waals surface area contributed by atoms with Gasteiger partial charge in [0.2, 0.25) is 5.28 Å². The molecule has 2 heterocycles. The molecule has 0 amide bonds. The molecule has 1 unspecified atom stereocenters. The zero-order chi connectivity index (χ0) is 20.1. The summed E-state index contributed by atoms with van der Waals surface area (Å²) in [6.45, 7) is 1.41. The summed E-state index contributed by atoms with van der Waals surface area (Å²) in [7, 11) is 0. The lowest BCUT2D eigenvalue weighted by molar-refractivity contribution is -0.140. The summed E-state index contributed by atoms with van der Waals surface area (Å²) in [6, 6.07) is 2.88. The van der Waals surface area contributed by atoms with Gasteiger partial charge in [-0.2, -0.15) is 36.4 Å². The highest BCUT2D eigenvalue weighted by Gasteiger charge is 2.39. The van der Waals surface area contributed by atoms with Crippen molar-refractivity contribution in [1.29, 1.82) is 0 Å². The molecule has 0 aliphatic rings. The molecule has 144 valence electrons. The third kappa shape index (κ3) is 3.51. The van der Waals surface area contributed by atoms with Gasteiger partial charge in [-0.25, -0.2) is 4.68 Å². The van der Waals surface area contributed by atoms with Crippen molar-refractivity contribution in [3.05, 3.63) is 56.7 Å². The zero-order valence-corrected chi connectivity index (χ0v) is 14.0. The molecule has 0 saturated carbocycles. The SMILES string of the molecule is CC(c1ccc(C(F)(F)F)cc1)n1nc(C(F)(F)F)c2c(=O)[nH]c(Cl)nc21. The third-order valence-electron chi connectivity index (χ3n) is 3.89. The first kappa shape index (κ1) is 19.2. The largest absolute Gasteiger partial charge is 0.436 e. The van der Waals surface area contributed by atoms with E-state index in [1.54, 1.807) is 0 Å². The van der Waals surface area contributed by atoms with Crippen LogP contribution in [-0.4, -0.2) is 19.7 Å². The maximum atomic E-state index is 13.2. The van der Waals surface area contributed by atoms with Gasteiger partial charge in [-0.05, 0) is 36.2 Å². The highest BCUT2D eigenvalue weighted by molar-refractivity contribution is 6.28. The van der Waals surface area contributed by atoms with Crippen LogP contribution >= 0.6 is 11.6 Å². The molecule has 0 aliphatic heterocycles. The van der Waals surface area contributed by atoms with Crippen molar-refractivity contribution >= 4 is 22.6 Å². The Morgan fingerprint density at radius 1 is 1.07 bits per heavy atom. The lowest BCUT2D eigenvalue weighted by Gasteiger charge is -2.15. The molecular formula is C15H9ClF6N4O. The van der Waals surface area contributed by atoms with E-state index in [4.69, 9.17) is 11.6 Å². The number of fused-ring (bicyclic) bond motifs is 1. The third-order valence-corrected chi connectivity index (χ3v) is 4.07. The number of aromatic nitrogens is 4. The van der Waals surface area contributed by atoms with E-state index in [2.05, 4.69) is 10.1 Å². The molecule has 12 heteroatoms. The number of alkyl halides is 6. The average Bonchev–Trinajstić information content (AvgIpc) is 2.93. The van der Waals surface area contributed by atoms with E-state index in [-0.39, 0.29) is 5.56 Å². The molecule has 0 radical (unpaired) electrons. The summed E-state index contributed by atoms with van der Waals surface area (Å²) >= 11 is 5.63. The Morgan fingerprint density at radius 2 is 1.67 bits per heavy atom. The van der Waals surface area contributed by atoms with Gasteiger partial charge in [-0.15, -0.1) is 0 Å². The smallest absolute Gasteiger partial charge is 0.296 e. The van der Waals surface area contributed by atoms with Crippen molar-refractivity contribution in [2.75, 3.05) is 0 Å². The van der Waals surface area contributed by atoms with Crippen LogP contribution in [0.25, 0.3) is 11.0 Å². The predicted molar refractivity (Wildman–Crippen MR) is 83.4 cm³/mol. The van der Waals surface area contributed by atoms with Gasteiger partial charge in [-0.3, -0.25) is 9.78 Å². The van der Waals surface area contributed by atoms with E-state index in [9.17, 15) is 31.1 Å². The summed E-state index contributed by atoms with van der Waals surface area (Å²) in [5, 5.41) is 2.20. The second-order valence-corrected chi connectivity index (χ2v) is 6.00. The maximum Gasteiger partial charge on any atom is 0.436 e. The Bertz CT molecular complexity index is 1050. The van der Waals surface area contributed by atoms with Gasteiger partial charge in [0.1, 0.15) is 5.39 Å². The molecule has 0 saturated heterocycles. The van der Waals surface area contributed by atoms with E-state index < -0.39 is 51.5 Å². The number of benzene rings is 1. The molecule has 0 fully saturated rings. The normalized spacial score (nSPS) is 13.9. The molecule has 1 N–H and O–H groups in total. The van der Waals surface area contributed by atoms with Crippen molar-refractivity contribution < 1.29 is 26.3 Å². The Hall–Kier alpha value is -2.56. The van der Waals surface area contributed by atoms with Gasteiger partial charge in [0.25, 0.3) is 5.56 Å². The fourth-order valence-corrected chi connectivity index (χ4v) is 2.75. The van der Waals surface area contributed by atoms with Crippen molar-refractivity contribution in [2.45, 2.75) is 25.3 Å². The minimum absolute atomic E-state index is 0.235. The number of hydrogen-bond acceptors (Lipinski definition) is 3. The van der Waals surface area contributed by atoms with Crippen molar-refractivity contribution in [3.63, 3.8) is 0 Å². The molecule has 5 nitrogen and oxygen atoms in total. The maximum absolute atomic E-state index is 13.2. The number of hydrogen-bond donors (Lipinski definition) is 1. The minimum atomic E-state index is -4.94. The van der Waals surface area contributed by atoms with Crippen LogP contribution in [0.5, 0.6) is 0 Å². The van der Waals surface area contributed by atoms with Gasteiger partial charge in [-0.1, -0.05) is 12.1 Å². The lowest BCUT2D eigenvalue weighted by Crippen LogP contribution is -2.13. The predicted octanol–water partition coefficient (Wildman–Crippen LogP) is 4.42. The highest BCUT2D eigenvalue weighted by Crippen LogP contribution is 2.35. The molecule has 2 aromatic heterocycles. The summed E-state index contributed by atoms with van der Waals surface area (Å²) in [5.74, 6) is 0. The van der Waals surface area contributed by atoms with Crippen molar-refractivity contribution in [2.24, 2.45) is 0 Å². The summed E-state index contributed by atoms with van der Waals surface area (Å²) in [6.07, 6.45) is -9.49. The summed E-state index contributed by atoms with van der Waals surface area (Å²) in [5.41, 5.74) is -3.68. The van der Waals surface area contributed by atoms with Crippen LogP contribution in [0.3, 0.4) is 0 Å². The molecule has 0 spiro atoms. The average molecular weight is 411 g/mol. The van der Waals surface area contributed by atoms with Crippen molar-refractivity contribution in [1.82, 2.24) is 19.7 Å². The number of halogens is 7. The Balaban J connectivity index is 2.18. The minimum Gasteiger partial charge on any atom is -0.296 e. The van der Waals surface area contributed by atoms with Gasteiger partial charge in [0.15, 0.2) is 11.3 Å². The molecule has 0 aliphatic carbocycles. The Morgan fingerprint density at radius 3 is 2.19 bits per heavy atom. The molecule has 0 bridgehead atoms. The fraction of sp³-hybridized carbons (Fsp3) is 0.267. The van der Waals surface area contributed by atoms with E-state index in [1.807, 2.05) is 4.98 Å². The standard InChI is InChI=1S/C15H9ClF6N4O/c1-6(7-2-4-8(5-3-7)14(17,18)19)26-11-9(10(25-26)15(20,21)22)12(27)24-13(16)23-11/h2-6H,1H3,(H,23,24,27). The molecular weight excluding hydrogens is 402 g/mol. The number of H-pyrrole nitrogens is 1. The number of aromatic amines is 1. The van der Waals surface area contributed by atoms with Crippen LogP contribution in [0.1, 0.15) is 29.8 Å². The molecule has 27 heavy (non-hydrogen) atoms. The molecule has 1 aromatic carbocycles. The fourth-order valence-electron chi connectivity index (χ4n) is 2.58. The first-order chi connectivity index (χ1) is 12.4. The van der Waals surface area contributed by atoms with Crippen LogP contribution in [0.4, 0.5) is 26.3 Å². The second kappa shape index (κ2) is 6.25. The van der Waals surface area contributed by atoms with Crippen LogP contribution in [-0.2, 0) is 12.4 Å². The number of rotatable bonds is 2. The quantitative estimate of drug-likeness (QED) is 0.502. The van der Waals surface area contributed by atoms with Gasteiger partial charge in [0, 0.05) is 0 Å². The topological polar surface area (TPSA) is 63.6 Å². The van der Waals surface area contributed by atoms with Crippen LogP contribution < -0.4 is 5.56 Å². The van der Waals surface area contributed by atoms with Crippen molar-refractivity contribution in [3.8, 4) is 0 Å². The summed E-state index contributed by atoms with van der Waals surface area (Å²) in [4.78, 5) is 17.6.